The van der Waals surface area contributed by atoms with E-state index in [9.17, 15) is 4.79 Å². The van der Waals surface area contributed by atoms with Crippen LogP contribution in [0.1, 0.15) is 59.3 Å². The molecule has 1 atom stereocenters. The maximum absolute atomic E-state index is 11.5. The zero-order valence-electron chi connectivity index (χ0n) is 10.9. The fourth-order valence-electron chi connectivity index (χ4n) is 1.80. The third kappa shape index (κ3) is 7.10. The lowest BCUT2D eigenvalue weighted by Gasteiger charge is -2.19. The molecule has 0 radical (unpaired) electrons. The molecule has 1 unspecified atom stereocenters. The maximum atomic E-state index is 11.5. The molecule has 2 nitrogen and oxygen atoms in total. The Balaban J connectivity index is 3.65. The summed E-state index contributed by atoms with van der Waals surface area (Å²) in [4.78, 5) is 11.5. The Hall–Kier alpha value is -0.240. The first kappa shape index (κ1) is 15.8. The summed E-state index contributed by atoms with van der Waals surface area (Å²) in [5.74, 6) is 0.655. The van der Waals surface area contributed by atoms with Crippen molar-refractivity contribution in [3.63, 3.8) is 0 Å². The van der Waals surface area contributed by atoms with E-state index in [1.165, 1.54) is 0 Å². The molecule has 3 heteroatoms. The number of amides is 1. The minimum atomic E-state index is 0.0742. The summed E-state index contributed by atoms with van der Waals surface area (Å²) in [6.45, 7) is 7.04. The lowest BCUT2D eigenvalue weighted by molar-refractivity contribution is -0.121. The molecule has 96 valence electrons. The average molecular weight is 248 g/mol. The van der Waals surface area contributed by atoms with Gasteiger partial charge in [0, 0.05) is 13.0 Å². The van der Waals surface area contributed by atoms with Crippen LogP contribution in [0.3, 0.4) is 0 Å². The highest BCUT2D eigenvalue weighted by molar-refractivity contribution is 6.21. The SMILES string of the molecule is CCCCCC(=O)NCC(Cl)C(CC)CC. The molecule has 0 fully saturated rings. The van der Waals surface area contributed by atoms with Gasteiger partial charge in [0.1, 0.15) is 0 Å². The highest BCUT2D eigenvalue weighted by Crippen LogP contribution is 2.17. The standard InChI is InChI=1S/C13H26ClNO/c1-4-7-8-9-13(16)15-10-12(14)11(5-2)6-3/h11-12H,4-10H2,1-3H3,(H,15,16). The van der Waals surface area contributed by atoms with Crippen LogP contribution in [0.2, 0.25) is 0 Å². The van der Waals surface area contributed by atoms with Crippen molar-refractivity contribution in [1.29, 1.82) is 0 Å². The number of unbranched alkanes of at least 4 members (excludes halogenated alkanes) is 2. The van der Waals surface area contributed by atoms with Gasteiger partial charge in [0.25, 0.3) is 0 Å². The Morgan fingerprint density at radius 2 is 1.81 bits per heavy atom. The van der Waals surface area contributed by atoms with Crippen molar-refractivity contribution in [2.24, 2.45) is 5.92 Å². The molecular weight excluding hydrogens is 222 g/mol. The minimum Gasteiger partial charge on any atom is -0.355 e. The van der Waals surface area contributed by atoms with Crippen LogP contribution in [-0.2, 0) is 4.79 Å². The van der Waals surface area contributed by atoms with E-state index in [0.29, 0.717) is 18.9 Å². The van der Waals surface area contributed by atoms with Gasteiger partial charge in [0.2, 0.25) is 5.91 Å². The number of hydrogen-bond acceptors (Lipinski definition) is 1. The summed E-state index contributed by atoms with van der Waals surface area (Å²) in [7, 11) is 0. The van der Waals surface area contributed by atoms with Gasteiger partial charge in [-0.05, 0) is 12.3 Å². The predicted molar refractivity (Wildman–Crippen MR) is 70.9 cm³/mol. The summed E-state index contributed by atoms with van der Waals surface area (Å²) >= 11 is 6.24. The van der Waals surface area contributed by atoms with E-state index in [0.717, 1.165) is 32.1 Å². The van der Waals surface area contributed by atoms with Gasteiger partial charge in [0.05, 0.1) is 5.38 Å². The van der Waals surface area contributed by atoms with Crippen molar-refractivity contribution < 1.29 is 4.79 Å². The van der Waals surface area contributed by atoms with Crippen LogP contribution >= 0.6 is 11.6 Å². The molecule has 0 bridgehead atoms. The third-order valence-electron chi connectivity index (χ3n) is 3.06. The van der Waals surface area contributed by atoms with Crippen LogP contribution in [0.4, 0.5) is 0 Å². The number of rotatable bonds is 9. The van der Waals surface area contributed by atoms with E-state index in [2.05, 4.69) is 26.1 Å². The number of nitrogens with one attached hydrogen (secondary N) is 1. The molecule has 0 heterocycles. The Labute approximate surface area is 105 Å². The molecule has 0 aromatic carbocycles. The monoisotopic (exact) mass is 247 g/mol. The first-order valence-corrected chi connectivity index (χ1v) is 7.00. The first-order chi connectivity index (χ1) is 7.65. The van der Waals surface area contributed by atoms with Gasteiger partial charge < -0.3 is 5.32 Å². The number of carbonyl (C=O) groups excluding carboxylic acids is 1. The van der Waals surface area contributed by atoms with Gasteiger partial charge in [-0.1, -0.05) is 46.5 Å². The number of hydrogen-bond donors (Lipinski definition) is 1. The second-order valence-corrected chi connectivity index (χ2v) is 4.91. The number of alkyl halides is 1. The molecule has 1 amide bonds. The second kappa shape index (κ2) is 9.95. The van der Waals surface area contributed by atoms with Crippen molar-refractivity contribution in [2.45, 2.75) is 64.7 Å². The van der Waals surface area contributed by atoms with E-state index in [4.69, 9.17) is 11.6 Å². The first-order valence-electron chi connectivity index (χ1n) is 6.56. The summed E-state index contributed by atoms with van der Waals surface area (Å²) in [6, 6.07) is 0. The van der Waals surface area contributed by atoms with Crippen molar-refractivity contribution in [1.82, 2.24) is 5.32 Å². The van der Waals surface area contributed by atoms with Crippen LogP contribution in [0.5, 0.6) is 0 Å². The molecule has 0 rings (SSSR count). The summed E-state index contributed by atoms with van der Waals surface area (Å²) in [6.07, 6.45) is 6.07. The Kier molecular flexibility index (Phi) is 9.80. The molecule has 0 aliphatic carbocycles. The van der Waals surface area contributed by atoms with Crippen molar-refractivity contribution in [3.05, 3.63) is 0 Å². The Morgan fingerprint density at radius 1 is 1.19 bits per heavy atom. The molecule has 0 saturated heterocycles. The Bertz CT molecular complexity index is 181. The zero-order chi connectivity index (χ0) is 12.4. The van der Waals surface area contributed by atoms with Crippen molar-refractivity contribution >= 4 is 17.5 Å². The highest BCUT2D eigenvalue weighted by atomic mass is 35.5. The summed E-state index contributed by atoms with van der Waals surface area (Å²) in [5.41, 5.74) is 0. The fourth-order valence-corrected chi connectivity index (χ4v) is 2.24. The number of carbonyl (C=O) groups is 1. The zero-order valence-corrected chi connectivity index (χ0v) is 11.6. The maximum Gasteiger partial charge on any atom is 0.220 e. The van der Waals surface area contributed by atoms with Crippen LogP contribution in [0.15, 0.2) is 0 Å². The molecule has 0 aromatic rings. The number of halogens is 1. The van der Waals surface area contributed by atoms with E-state index in [1.807, 2.05) is 0 Å². The topological polar surface area (TPSA) is 29.1 Å². The molecular formula is C13H26ClNO. The van der Waals surface area contributed by atoms with Gasteiger partial charge in [-0.15, -0.1) is 11.6 Å². The van der Waals surface area contributed by atoms with Crippen LogP contribution in [-0.4, -0.2) is 17.8 Å². The lowest BCUT2D eigenvalue weighted by Crippen LogP contribution is -2.33. The lowest BCUT2D eigenvalue weighted by atomic mass is 9.99. The van der Waals surface area contributed by atoms with E-state index < -0.39 is 0 Å². The van der Waals surface area contributed by atoms with Crippen molar-refractivity contribution in [2.75, 3.05) is 6.54 Å². The fraction of sp³-hybridized carbons (Fsp3) is 0.923. The average Bonchev–Trinajstić information content (AvgIpc) is 2.28. The van der Waals surface area contributed by atoms with Gasteiger partial charge in [0.15, 0.2) is 0 Å². The summed E-state index contributed by atoms with van der Waals surface area (Å²) in [5, 5.41) is 2.99. The molecule has 1 N–H and O–H groups in total. The summed E-state index contributed by atoms with van der Waals surface area (Å²) < 4.78 is 0. The quantitative estimate of drug-likeness (QED) is 0.488. The highest BCUT2D eigenvalue weighted by Gasteiger charge is 2.16. The molecule has 0 spiro atoms. The largest absolute Gasteiger partial charge is 0.355 e. The molecule has 16 heavy (non-hydrogen) atoms. The normalized spacial score (nSPS) is 12.8. The molecule has 0 aliphatic rings. The van der Waals surface area contributed by atoms with Crippen LogP contribution in [0.25, 0.3) is 0 Å². The smallest absolute Gasteiger partial charge is 0.220 e. The predicted octanol–water partition coefficient (Wildman–Crippen LogP) is 3.73. The van der Waals surface area contributed by atoms with E-state index in [1.54, 1.807) is 0 Å². The van der Waals surface area contributed by atoms with Gasteiger partial charge in [-0.2, -0.15) is 0 Å². The van der Waals surface area contributed by atoms with Gasteiger partial charge in [-0.3, -0.25) is 4.79 Å². The molecule has 0 aromatic heterocycles. The van der Waals surface area contributed by atoms with E-state index >= 15 is 0 Å². The molecule has 0 aliphatic heterocycles. The van der Waals surface area contributed by atoms with E-state index in [-0.39, 0.29) is 11.3 Å². The van der Waals surface area contributed by atoms with Gasteiger partial charge >= 0.3 is 0 Å². The molecule has 0 saturated carbocycles. The van der Waals surface area contributed by atoms with Gasteiger partial charge in [-0.25, -0.2) is 0 Å². The second-order valence-electron chi connectivity index (χ2n) is 4.35. The van der Waals surface area contributed by atoms with Crippen LogP contribution < -0.4 is 5.32 Å². The van der Waals surface area contributed by atoms with Crippen molar-refractivity contribution in [3.8, 4) is 0 Å². The Morgan fingerprint density at radius 3 is 2.31 bits per heavy atom. The third-order valence-corrected chi connectivity index (χ3v) is 3.57. The van der Waals surface area contributed by atoms with Crippen LogP contribution in [0, 0.1) is 5.92 Å². The minimum absolute atomic E-state index is 0.0742.